The number of carbonyl (C=O) groups excluding carboxylic acids is 1. The fourth-order valence-electron chi connectivity index (χ4n) is 4.84. The minimum absolute atomic E-state index is 0.0199. The summed E-state index contributed by atoms with van der Waals surface area (Å²) in [7, 11) is 1.47. The molecule has 0 bridgehead atoms. The third-order valence-corrected chi connectivity index (χ3v) is 6.61. The Bertz CT molecular complexity index is 1190. The van der Waals surface area contributed by atoms with Crippen LogP contribution in [0.25, 0.3) is 0 Å². The lowest BCUT2D eigenvalue weighted by Crippen LogP contribution is -2.53. The zero-order valence-electron chi connectivity index (χ0n) is 19.9. The molecular weight excluding hydrogens is 472 g/mol. The van der Waals surface area contributed by atoms with E-state index in [9.17, 15) is 22.4 Å². The molecule has 2 N–H and O–H groups in total. The van der Waals surface area contributed by atoms with E-state index in [4.69, 9.17) is 4.74 Å². The first kappa shape index (κ1) is 25.5. The van der Waals surface area contributed by atoms with E-state index < -0.39 is 29.1 Å². The van der Waals surface area contributed by atoms with E-state index in [2.05, 4.69) is 10.6 Å². The molecule has 2 amide bonds. The molecule has 3 aromatic rings. The third-order valence-electron chi connectivity index (χ3n) is 6.61. The number of nitrogens with one attached hydrogen (secondary N) is 2. The van der Waals surface area contributed by atoms with Gasteiger partial charge in [0.25, 0.3) is 0 Å². The summed E-state index contributed by atoms with van der Waals surface area (Å²) < 4.78 is 61.3. The SMILES string of the molecule is COc1cccc(C(Cc2ccccc2)(NC(=O)NC2CCCC2)c2cc(F)cc(C(F)(F)F)c2)c1. The van der Waals surface area contributed by atoms with Crippen molar-refractivity contribution < 1.29 is 27.1 Å². The molecule has 8 heteroatoms. The molecule has 1 aliphatic carbocycles. The Morgan fingerprint density at radius 3 is 2.28 bits per heavy atom. The Labute approximate surface area is 207 Å². The Morgan fingerprint density at radius 2 is 1.61 bits per heavy atom. The van der Waals surface area contributed by atoms with Crippen LogP contribution in [0.5, 0.6) is 5.75 Å². The smallest absolute Gasteiger partial charge is 0.416 e. The summed E-state index contributed by atoms with van der Waals surface area (Å²) in [4.78, 5) is 13.3. The van der Waals surface area contributed by atoms with E-state index >= 15 is 0 Å². The Hall–Kier alpha value is -3.55. The third kappa shape index (κ3) is 5.80. The van der Waals surface area contributed by atoms with E-state index in [1.54, 1.807) is 36.4 Å². The molecule has 1 unspecified atom stereocenters. The van der Waals surface area contributed by atoms with Crippen LogP contribution in [0.4, 0.5) is 22.4 Å². The summed E-state index contributed by atoms with van der Waals surface area (Å²) in [6, 6.07) is 17.6. The molecule has 0 aromatic heterocycles. The van der Waals surface area contributed by atoms with Gasteiger partial charge in [0.1, 0.15) is 11.6 Å². The van der Waals surface area contributed by atoms with Gasteiger partial charge >= 0.3 is 12.2 Å². The molecule has 190 valence electrons. The van der Waals surface area contributed by atoms with Crippen LogP contribution in [0.2, 0.25) is 0 Å². The summed E-state index contributed by atoms with van der Waals surface area (Å²) in [5.74, 6) is -0.589. The van der Waals surface area contributed by atoms with Gasteiger partial charge in [-0.2, -0.15) is 13.2 Å². The molecule has 3 aromatic carbocycles. The highest BCUT2D eigenvalue weighted by molar-refractivity contribution is 5.76. The largest absolute Gasteiger partial charge is 0.497 e. The first-order chi connectivity index (χ1) is 17.2. The number of amides is 2. The van der Waals surface area contributed by atoms with Crippen molar-refractivity contribution in [2.75, 3.05) is 7.11 Å². The number of ether oxygens (including phenoxy) is 1. The second-order valence-corrected chi connectivity index (χ2v) is 9.11. The van der Waals surface area contributed by atoms with Crippen LogP contribution in [-0.2, 0) is 18.1 Å². The Kier molecular flexibility index (Phi) is 7.52. The molecule has 4 rings (SSSR count). The second kappa shape index (κ2) is 10.6. The first-order valence-electron chi connectivity index (χ1n) is 11.8. The minimum Gasteiger partial charge on any atom is -0.497 e. The van der Waals surface area contributed by atoms with Crippen LogP contribution in [0.15, 0.2) is 72.8 Å². The van der Waals surface area contributed by atoms with Crippen LogP contribution in [0, 0.1) is 5.82 Å². The number of benzene rings is 3. The van der Waals surface area contributed by atoms with Crippen LogP contribution in [0.3, 0.4) is 0 Å². The molecular formula is C28H28F4N2O2. The number of hydrogen-bond donors (Lipinski definition) is 2. The molecule has 1 saturated carbocycles. The maximum absolute atomic E-state index is 14.7. The van der Waals surface area contributed by atoms with Gasteiger partial charge in [0.15, 0.2) is 0 Å². The quantitative estimate of drug-likeness (QED) is 0.360. The first-order valence-corrected chi connectivity index (χ1v) is 11.8. The molecule has 1 aliphatic rings. The number of alkyl halides is 3. The molecule has 0 saturated heterocycles. The minimum atomic E-state index is -4.77. The number of rotatable bonds is 7. The lowest BCUT2D eigenvalue weighted by molar-refractivity contribution is -0.137. The number of methoxy groups -OCH3 is 1. The van der Waals surface area contributed by atoms with Gasteiger partial charge < -0.3 is 15.4 Å². The fourth-order valence-corrected chi connectivity index (χ4v) is 4.84. The summed E-state index contributed by atoms with van der Waals surface area (Å²) >= 11 is 0. The van der Waals surface area contributed by atoms with Crippen molar-refractivity contribution >= 4 is 6.03 Å². The summed E-state index contributed by atoms with van der Waals surface area (Å²) in [5, 5.41) is 5.91. The van der Waals surface area contributed by atoms with Gasteiger partial charge in [-0.1, -0.05) is 55.3 Å². The Morgan fingerprint density at radius 1 is 0.917 bits per heavy atom. The molecule has 1 atom stereocenters. The summed E-state index contributed by atoms with van der Waals surface area (Å²) in [5.41, 5.74) is -1.46. The molecule has 0 spiro atoms. The van der Waals surface area contributed by atoms with Crippen molar-refractivity contribution in [3.8, 4) is 5.75 Å². The maximum atomic E-state index is 14.7. The standard InChI is InChI=1S/C28H28F4N2O2/c1-36-25-13-7-10-20(17-25)27(18-19-8-3-2-4-9-19,34-26(35)33-24-11-5-6-12-24)21-14-22(28(30,31)32)16-23(29)15-21/h2-4,7-10,13-17,24H,5-6,11-12,18H2,1H3,(H2,33,34,35). The number of halogens is 4. The topological polar surface area (TPSA) is 50.4 Å². The van der Waals surface area contributed by atoms with Crippen molar-refractivity contribution in [3.63, 3.8) is 0 Å². The normalized spacial score (nSPS) is 15.8. The van der Waals surface area contributed by atoms with Crippen LogP contribution >= 0.6 is 0 Å². The van der Waals surface area contributed by atoms with E-state index in [1.807, 2.05) is 18.2 Å². The van der Waals surface area contributed by atoms with Gasteiger partial charge in [-0.25, -0.2) is 9.18 Å². The predicted molar refractivity (Wildman–Crippen MR) is 129 cm³/mol. The zero-order chi connectivity index (χ0) is 25.8. The highest BCUT2D eigenvalue weighted by Gasteiger charge is 2.40. The summed E-state index contributed by atoms with van der Waals surface area (Å²) in [6.07, 6.45) is -1.04. The highest BCUT2D eigenvalue weighted by Crippen LogP contribution is 2.39. The van der Waals surface area contributed by atoms with Crippen molar-refractivity contribution in [2.45, 2.75) is 49.9 Å². The number of hydrogen-bond acceptors (Lipinski definition) is 2. The second-order valence-electron chi connectivity index (χ2n) is 9.11. The molecule has 0 radical (unpaired) electrons. The molecule has 36 heavy (non-hydrogen) atoms. The van der Waals surface area contributed by atoms with Gasteiger partial charge in [0.05, 0.1) is 18.2 Å². The van der Waals surface area contributed by atoms with Crippen molar-refractivity contribution in [3.05, 3.63) is 101 Å². The van der Waals surface area contributed by atoms with E-state index in [0.29, 0.717) is 17.4 Å². The zero-order valence-corrected chi connectivity index (χ0v) is 19.9. The predicted octanol–water partition coefficient (Wildman–Crippen LogP) is 6.58. The maximum Gasteiger partial charge on any atom is 0.416 e. The fraction of sp³-hybridized carbons (Fsp3) is 0.321. The molecule has 0 aliphatic heterocycles. The van der Waals surface area contributed by atoms with E-state index in [0.717, 1.165) is 43.4 Å². The molecule has 1 fully saturated rings. The number of carbonyl (C=O) groups is 1. The van der Waals surface area contributed by atoms with E-state index in [1.165, 1.54) is 7.11 Å². The average Bonchev–Trinajstić information content (AvgIpc) is 3.36. The highest BCUT2D eigenvalue weighted by atomic mass is 19.4. The Balaban J connectivity index is 1.91. The summed E-state index contributed by atoms with van der Waals surface area (Å²) in [6.45, 7) is 0. The van der Waals surface area contributed by atoms with Gasteiger partial charge in [-0.3, -0.25) is 0 Å². The molecule has 0 heterocycles. The van der Waals surface area contributed by atoms with Gasteiger partial charge in [0, 0.05) is 12.5 Å². The van der Waals surface area contributed by atoms with E-state index in [-0.39, 0.29) is 18.0 Å². The van der Waals surface area contributed by atoms with Crippen LogP contribution < -0.4 is 15.4 Å². The van der Waals surface area contributed by atoms with Gasteiger partial charge in [-0.05, 0) is 59.9 Å². The lowest BCUT2D eigenvalue weighted by atomic mass is 9.77. The van der Waals surface area contributed by atoms with Crippen molar-refractivity contribution in [1.29, 1.82) is 0 Å². The van der Waals surface area contributed by atoms with Crippen LogP contribution in [0.1, 0.15) is 47.9 Å². The van der Waals surface area contributed by atoms with Gasteiger partial charge in [0.2, 0.25) is 0 Å². The van der Waals surface area contributed by atoms with Crippen molar-refractivity contribution in [1.82, 2.24) is 10.6 Å². The molecule has 4 nitrogen and oxygen atoms in total. The lowest BCUT2D eigenvalue weighted by Gasteiger charge is -2.37. The average molecular weight is 501 g/mol. The van der Waals surface area contributed by atoms with Crippen LogP contribution in [-0.4, -0.2) is 19.2 Å². The monoisotopic (exact) mass is 500 g/mol. The number of urea groups is 1. The van der Waals surface area contributed by atoms with Crippen molar-refractivity contribution in [2.24, 2.45) is 0 Å². The van der Waals surface area contributed by atoms with Gasteiger partial charge in [-0.15, -0.1) is 0 Å².